The van der Waals surface area contributed by atoms with Gasteiger partial charge in [0.1, 0.15) is 5.75 Å². The zero-order valence-electron chi connectivity index (χ0n) is 13.1. The van der Waals surface area contributed by atoms with E-state index >= 15 is 0 Å². The summed E-state index contributed by atoms with van der Waals surface area (Å²) in [5, 5.41) is 8.58. The van der Waals surface area contributed by atoms with Crippen LogP contribution in [0.3, 0.4) is 0 Å². The maximum absolute atomic E-state index is 5.32. The summed E-state index contributed by atoms with van der Waals surface area (Å²) in [5.74, 6) is 1.82. The predicted molar refractivity (Wildman–Crippen MR) is 90.4 cm³/mol. The zero-order valence-corrected chi connectivity index (χ0v) is 13.1. The number of ether oxygens (including phenoxy) is 1. The molecule has 4 rings (SSSR count). The van der Waals surface area contributed by atoms with Crippen LogP contribution in [0.1, 0.15) is 0 Å². The Morgan fingerprint density at radius 2 is 1.74 bits per heavy atom. The average molecular weight is 309 g/mol. The Labute approximate surface area is 134 Å². The highest BCUT2D eigenvalue weighted by atomic mass is 16.5. The summed E-state index contributed by atoms with van der Waals surface area (Å²) in [6, 6.07) is 14.2. The third-order valence-electron chi connectivity index (χ3n) is 4.28. The summed E-state index contributed by atoms with van der Waals surface area (Å²) < 4.78 is 7.36. The topological polar surface area (TPSA) is 45.9 Å². The first-order valence-corrected chi connectivity index (χ1v) is 7.79. The Balaban J connectivity index is 1.50. The van der Waals surface area contributed by atoms with Gasteiger partial charge in [-0.15, -0.1) is 10.2 Å². The maximum atomic E-state index is 5.32. The second kappa shape index (κ2) is 5.79. The number of hydrogen-bond acceptors (Lipinski definition) is 5. The molecule has 118 valence electrons. The van der Waals surface area contributed by atoms with Crippen molar-refractivity contribution in [1.29, 1.82) is 0 Å². The summed E-state index contributed by atoms with van der Waals surface area (Å²) in [4.78, 5) is 4.67. The van der Waals surface area contributed by atoms with Crippen LogP contribution in [0.15, 0.2) is 48.7 Å². The number of aromatic nitrogens is 3. The van der Waals surface area contributed by atoms with Crippen LogP contribution in [-0.4, -0.2) is 47.9 Å². The van der Waals surface area contributed by atoms with E-state index in [0.717, 1.165) is 43.5 Å². The minimum absolute atomic E-state index is 0.887. The van der Waals surface area contributed by atoms with Crippen LogP contribution in [0.5, 0.6) is 5.75 Å². The van der Waals surface area contributed by atoms with Gasteiger partial charge in [0.15, 0.2) is 5.65 Å². The van der Waals surface area contributed by atoms with E-state index in [1.807, 2.05) is 40.9 Å². The van der Waals surface area contributed by atoms with E-state index in [4.69, 9.17) is 4.74 Å². The van der Waals surface area contributed by atoms with E-state index in [9.17, 15) is 0 Å². The van der Waals surface area contributed by atoms with Gasteiger partial charge in [0.25, 0.3) is 0 Å². The molecule has 23 heavy (non-hydrogen) atoms. The number of benzene rings is 1. The molecule has 0 amide bonds. The van der Waals surface area contributed by atoms with Crippen LogP contribution in [-0.2, 0) is 0 Å². The number of rotatable bonds is 3. The van der Waals surface area contributed by atoms with Gasteiger partial charge in [-0.05, 0) is 24.3 Å². The molecule has 1 fully saturated rings. The number of anilines is 2. The van der Waals surface area contributed by atoms with Crippen LogP contribution < -0.4 is 14.5 Å². The molecule has 6 nitrogen and oxygen atoms in total. The second-order valence-corrected chi connectivity index (χ2v) is 5.60. The molecular weight excluding hydrogens is 290 g/mol. The van der Waals surface area contributed by atoms with Crippen molar-refractivity contribution >= 4 is 17.3 Å². The molecule has 0 atom stereocenters. The van der Waals surface area contributed by atoms with Gasteiger partial charge in [0.2, 0.25) is 5.95 Å². The van der Waals surface area contributed by atoms with Gasteiger partial charge in [-0.3, -0.25) is 4.40 Å². The Morgan fingerprint density at radius 1 is 0.913 bits per heavy atom. The summed E-state index contributed by atoms with van der Waals surface area (Å²) in [6.45, 7) is 3.75. The molecule has 2 aromatic heterocycles. The normalized spacial score (nSPS) is 15.2. The maximum Gasteiger partial charge on any atom is 0.231 e. The molecule has 3 heterocycles. The van der Waals surface area contributed by atoms with E-state index in [1.54, 1.807) is 7.11 Å². The molecule has 6 heteroatoms. The smallest absolute Gasteiger partial charge is 0.231 e. The number of methoxy groups -OCH3 is 1. The van der Waals surface area contributed by atoms with Crippen LogP contribution in [0.25, 0.3) is 5.65 Å². The first-order valence-electron chi connectivity index (χ1n) is 7.79. The van der Waals surface area contributed by atoms with Crippen molar-refractivity contribution in [1.82, 2.24) is 14.6 Å². The summed E-state index contributed by atoms with van der Waals surface area (Å²) in [5.41, 5.74) is 2.09. The Bertz CT molecular complexity index is 807. The first-order chi connectivity index (χ1) is 11.3. The van der Waals surface area contributed by atoms with Crippen molar-refractivity contribution in [2.75, 3.05) is 43.1 Å². The Hall–Kier alpha value is -2.76. The summed E-state index contributed by atoms with van der Waals surface area (Å²) in [7, 11) is 1.70. The van der Waals surface area contributed by atoms with E-state index in [2.05, 4.69) is 32.1 Å². The van der Waals surface area contributed by atoms with Crippen LogP contribution in [0.2, 0.25) is 0 Å². The monoisotopic (exact) mass is 309 g/mol. The van der Waals surface area contributed by atoms with Crippen LogP contribution in [0.4, 0.5) is 11.6 Å². The van der Waals surface area contributed by atoms with Gasteiger partial charge in [0, 0.05) is 44.1 Å². The minimum atomic E-state index is 0.887. The SMILES string of the molecule is COc1cccc(N2CCN(c3nnc4ccccn34)CC2)c1. The Morgan fingerprint density at radius 3 is 2.57 bits per heavy atom. The van der Waals surface area contributed by atoms with Crippen molar-refractivity contribution < 1.29 is 4.74 Å². The van der Waals surface area contributed by atoms with Gasteiger partial charge >= 0.3 is 0 Å². The highest BCUT2D eigenvalue weighted by molar-refractivity contribution is 5.53. The number of piperazine rings is 1. The fourth-order valence-electron chi connectivity index (χ4n) is 3.02. The number of nitrogens with zero attached hydrogens (tertiary/aromatic N) is 5. The first kappa shape index (κ1) is 13.9. The largest absolute Gasteiger partial charge is 0.497 e. The number of fused-ring (bicyclic) bond motifs is 1. The minimum Gasteiger partial charge on any atom is -0.497 e. The van der Waals surface area contributed by atoms with E-state index in [0.29, 0.717) is 0 Å². The summed E-state index contributed by atoms with van der Waals surface area (Å²) in [6.07, 6.45) is 2.01. The van der Waals surface area contributed by atoms with E-state index in [1.165, 1.54) is 5.69 Å². The lowest BCUT2D eigenvalue weighted by Gasteiger charge is -2.36. The average Bonchev–Trinajstić information content (AvgIpc) is 3.06. The molecule has 1 saturated heterocycles. The third-order valence-corrected chi connectivity index (χ3v) is 4.28. The molecule has 0 N–H and O–H groups in total. The number of hydrogen-bond donors (Lipinski definition) is 0. The van der Waals surface area contributed by atoms with E-state index in [-0.39, 0.29) is 0 Å². The van der Waals surface area contributed by atoms with Crippen LogP contribution in [0, 0.1) is 0 Å². The van der Waals surface area contributed by atoms with Crippen molar-refractivity contribution in [3.63, 3.8) is 0 Å². The van der Waals surface area contributed by atoms with Gasteiger partial charge in [-0.25, -0.2) is 0 Å². The highest BCUT2D eigenvalue weighted by Gasteiger charge is 2.21. The lowest BCUT2D eigenvalue weighted by Crippen LogP contribution is -2.47. The van der Waals surface area contributed by atoms with Gasteiger partial charge < -0.3 is 14.5 Å². The van der Waals surface area contributed by atoms with Crippen LogP contribution >= 0.6 is 0 Å². The molecule has 0 aliphatic carbocycles. The molecule has 0 bridgehead atoms. The van der Waals surface area contributed by atoms with E-state index < -0.39 is 0 Å². The molecule has 0 saturated carbocycles. The zero-order chi connectivity index (χ0) is 15.6. The number of pyridine rings is 1. The van der Waals surface area contributed by atoms with Crippen molar-refractivity contribution in [3.8, 4) is 5.75 Å². The highest BCUT2D eigenvalue weighted by Crippen LogP contribution is 2.23. The molecular formula is C17H19N5O. The fourth-order valence-corrected chi connectivity index (χ4v) is 3.02. The van der Waals surface area contributed by atoms with Gasteiger partial charge in [0.05, 0.1) is 7.11 Å². The van der Waals surface area contributed by atoms with Gasteiger partial charge in [-0.1, -0.05) is 12.1 Å². The molecule has 0 unspecified atom stereocenters. The standard InChI is InChI=1S/C17H19N5O/c1-23-15-6-4-5-14(13-15)20-9-11-21(12-10-20)17-19-18-16-7-2-3-8-22(16)17/h2-8,13H,9-12H2,1H3. The Kier molecular flexibility index (Phi) is 3.49. The second-order valence-electron chi connectivity index (χ2n) is 5.60. The molecule has 0 spiro atoms. The summed E-state index contributed by atoms with van der Waals surface area (Å²) >= 11 is 0. The van der Waals surface area contributed by atoms with Gasteiger partial charge in [-0.2, -0.15) is 0 Å². The van der Waals surface area contributed by atoms with Crippen molar-refractivity contribution in [2.45, 2.75) is 0 Å². The molecule has 0 radical (unpaired) electrons. The predicted octanol–water partition coefficient (Wildman–Crippen LogP) is 2.06. The molecule has 3 aromatic rings. The molecule has 1 aliphatic heterocycles. The molecule has 1 aliphatic rings. The lowest BCUT2D eigenvalue weighted by atomic mass is 10.2. The quantitative estimate of drug-likeness (QED) is 0.741. The fraction of sp³-hybridized carbons (Fsp3) is 0.294. The van der Waals surface area contributed by atoms with Crippen molar-refractivity contribution in [2.24, 2.45) is 0 Å². The lowest BCUT2D eigenvalue weighted by molar-refractivity contribution is 0.414. The third kappa shape index (κ3) is 2.56. The van der Waals surface area contributed by atoms with Crippen molar-refractivity contribution in [3.05, 3.63) is 48.7 Å². The molecule has 1 aromatic carbocycles.